The Labute approximate surface area is 97.2 Å². The maximum absolute atomic E-state index is 11.1. The number of hydrogen-bond donors (Lipinski definition) is 1. The van der Waals surface area contributed by atoms with E-state index in [-0.39, 0.29) is 11.8 Å². The van der Waals surface area contributed by atoms with Crippen molar-refractivity contribution >= 4 is 11.5 Å². The summed E-state index contributed by atoms with van der Waals surface area (Å²) in [6.45, 7) is 3.96. The molecule has 1 atom stereocenters. The van der Waals surface area contributed by atoms with Crippen molar-refractivity contribution in [2.24, 2.45) is 11.7 Å². The molecule has 0 aliphatic carbocycles. The minimum atomic E-state index is -0.238. The van der Waals surface area contributed by atoms with Crippen LogP contribution in [0.3, 0.4) is 0 Å². The summed E-state index contributed by atoms with van der Waals surface area (Å²) in [6.07, 6.45) is 3.84. The molecule has 16 heavy (non-hydrogen) atoms. The van der Waals surface area contributed by atoms with Crippen LogP contribution in [0.2, 0.25) is 0 Å². The molecule has 2 heteroatoms. The Morgan fingerprint density at radius 3 is 2.50 bits per heavy atom. The van der Waals surface area contributed by atoms with Crippen molar-refractivity contribution in [3.8, 4) is 0 Å². The highest BCUT2D eigenvalue weighted by Gasteiger charge is 2.12. The van der Waals surface area contributed by atoms with E-state index in [2.05, 4.69) is 25.1 Å². The summed E-state index contributed by atoms with van der Waals surface area (Å²) in [5.41, 5.74) is 7.67. The monoisotopic (exact) mass is 217 g/mol. The van der Waals surface area contributed by atoms with Gasteiger partial charge in [-0.05, 0) is 24.0 Å². The molecule has 0 aliphatic heterocycles. The van der Waals surface area contributed by atoms with E-state index in [1.165, 1.54) is 11.1 Å². The fraction of sp³-hybridized carbons (Fsp3) is 0.357. The largest absolute Gasteiger partial charge is 0.369 e. The number of carbonyl (C=O) groups is 1. The van der Waals surface area contributed by atoms with Crippen molar-refractivity contribution in [1.82, 2.24) is 0 Å². The predicted octanol–water partition coefficient (Wildman–Crippen LogP) is 2.99. The normalized spacial score (nSPS) is 13.5. The second-order valence-corrected chi connectivity index (χ2v) is 4.01. The van der Waals surface area contributed by atoms with E-state index in [1.54, 1.807) is 0 Å². The number of hydrogen-bond acceptors (Lipinski definition) is 1. The van der Waals surface area contributed by atoms with Crippen LogP contribution < -0.4 is 5.73 Å². The first kappa shape index (κ1) is 12.5. The highest BCUT2D eigenvalue weighted by molar-refractivity contribution is 5.79. The topological polar surface area (TPSA) is 43.1 Å². The number of benzene rings is 1. The van der Waals surface area contributed by atoms with Crippen molar-refractivity contribution in [3.05, 3.63) is 42.0 Å². The summed E-state index contributed by atoms with van der Waals surface area (Å²) in [7, 11) is 0. The van der Waals surface area contributed by atoms with Gasteiger partial charge in [-0.25, -0.2) is 0 Å². The maximum Gasteiger partial charge on any atom is 0.220 e. The zero-order valence-corrected chi connectivity index (χ0v) is 9.94. The lowest BCUT2D eigenvalue weighted by atomic mass is 9.94. The van der Waals surface area contributed by atoms with Gasteiger partial charge in [0.1, 0.15) is 0 Å². The zero-order valence-electron chi connectivity index (χ0n) is 9.94. The molecule has 0 saturated heterocycles. The first-order valence-electron chi connectivity index (χ1n) is 5.69. The van der Waals surface area contributed by atoms with Gasteiger partial charge >= 0.3 is 0 Å². The summed E-state index contributed by atoms with van der Waals surface area (Å²) >= 11 is 0. The van der Waals surface area contributed by atoms with Crippen LogP contribution in [-0.4, -0.2) is 5.91 Å². The minimum Gasteiger partial charge on any atom is -0.369 e. The molecular weight excluding hydrogens is 198 g/mol. The molecule has 2 nitrogen and oxygen atoms in total. The Kier molecular flexibility index (Phi) is 4.77. The lowest BCUT2D eigenvalue weighted by Crippen LogP contribution is -2.20. The molecule has 0 bridgehead atoms. The van der Waals surface area contributed by atoms with Gasteiger partial charge in [-0.15, -0.1) is 0 Å². The predicted molar refractivity (Wildman–Crippen MR) is 67.7 cm³/mol. The third-order valence-electron chi connectivity index (χ3n) is 2.61. The molecule has 0 radical (unpaired) electrons. The van der Waals surface area contributed by atoms with E-state index in [0.29, 0.717) is 6.42 Å². The van der Waals surface area contributed by atoms with Gasteiger partial charge in [0.2, 0.25) is 5.91 Å². The van der Waals surface area contributed by atoms with Gasteiger partial charge in [-0.2, -0.15) is 0 Å². The van der Waals surface area contributed by atoms with E-state index in [1.807, 2.05) is 25.1 Å². The number of rotatable bonds is 5. The van der Waals surface area contributed by atoms with Gasteiger partial charge in [0.25, 0.3) is 0 Å². The van der Waals surface area contributed by atoms with Crippen LogP contribution >= 0.6 is 0 Å². The number of primary amides is 1. The summed E-state index contributed by atoms with van der Waals surface area (Å²) in [6, 6.07) is 10.1. The average molecular weight is 217 g/mol. The van der Waals surface area contributed by atoms with Crippen molar-refractivity contribution in [2.45, 2.75) is 26.7 Å². The van der Waals surface area contributed by atoms with Crippen molar-refractivity contribution in [2.75, 3.05) is 0 Å². The quantitative estimate of drug-likeness (QED) is 0.809. The fourth-order valence-electron chi connectivity index (χ4n) is 1.65. The Hall–Kier alpha value is -1.57. The van der Waals surface area contributed by atoms with Crippen LogP contribution in [-0.2, 0) is 4.79 Å². The van der Waals surface area contributed by atoms with Gasteiger partial charge in [-0.3, -0.25) is 4.79 Å². The molecule has 0 aliphatic rings. The second-order valence-electron chi connectivity index (χ2n) is 4.01. The van der Waals surface area contributed by atoms with E-state index in [0.717, 1.165) is 6.42 Å². The van der Waals surface area contributed by atoms with Crippen LogP contribution in [0.15, 0.2) is 36.4 Å². The molecule has 0 heterocycles. The molecule has 1 amide bonds. The van der Waals surface area contributed by atoms with Crippen molar-refractivity contribution < 1.29 is 4.79 Å². The Morgan fingerprint density at radius 2 is 2.00 bits per heavy atom. The molecule has 0 spiro atoms. The lowest BCUT2D eigenvalue weighted by molar-refractivity contribution is -0.121. The third kappa shape index (κ3) is 3.54. The number of allylic oxidation sites excluding steroid dienone is 2. The lowest BCUT2D eigenvalue weighted by Gasteiger charge is -2.11. The summed E-state index contributed by atoms with van der Waals surface area (Å²) in [5.74, 6) is -0.351. The van der Waals surface area contributed by atoms with Crippen molar-refractivity contribution in [1.29, 1.82) is 0 Å². The Bertz CT molecular complexity index is 368. The minimum absolute atomic E-state index is 0.113. The standard InChI is InChI=1S/C14H19NO/c1-3-7-13(10-11(2)14(15)16)12-8-5-4-6-9-12/h4-9,11H,3,10H2,1-2H3,(H2,15,16)/b13-7-. The molecule has 86 valence electrons. The molecule has 1 aromatic carbocycles. The Balaban J connectivity index is 2.85. The van der Waals surface area contributed by atoms with Gasteiger partial charge in [-0.1, -0.05) is 50.3 Å². The highest BCUT2D eigenvalue weighted by atomic mass is 16.1. The van der Waals surface area contributed by atoms with E-state index >= 15 is 0 Å². The number of carbonyl (C=O) groups excluding carboxylic acids is 1. The second kappa shape index (κ2) is 6.11. The summed E-state index contributed by atoms with van der Waals surface area (Å²) in [4.78, 5) is 11.1. The number of nitrogens with two attached hydrogens (primary N) is 1. The van der Waals surface area contributed by atoms with E-state index in [4.69, 9.17) is 5.73 Å². The third-order valence-corrected chi connectivity index (χ3v) is 2.61. The zero-order chi connectivity index (χ0) is 12.0. The molecule has 0 saturated carbocycles. The Morgan fingerprint density at radius 1 is 1.38 bits per heavy atom. The first-order valence-corrected chi connectivity index (χ1v) is 5.69. The molecule has 2 N–H and O–H groups in total. The average Bonchev–Trinajstić information content (AvgIpc) is 2.29. The fourth-order valence-corrected chi connectivity index (χ4v) is 1.65. The van der Waals surface area contributed by atoms with Gasteiger partial charge < -0.3 is 5.73 Å². The molecule has 1 aromatic rings. The van der Waals surface area contributed by atoms with Crippen LogP contribution in [0.4, 0.5) is 0 Å². The van der Waals surface area contributed by atoms with Crippen molar-refractivity contribution in [3.63, 3.8) is 0 Å². The number of amides is 1. The van der Waals surface area contributed by atoms with E-state index < -0.39 is 0 Å². The van der Waals surface area contributed by atoms with Crippen LogP contribution in [0.5, 0.6) is 0 Å². The SMILES string of the molecule is CC/C=C(/CC(C)C(N)=O)c1ccccc1. The molecule has 1 unspecified atom stereocenters. The van der Waals surface area contributed by atoms with Gasteiger partial charge in [0, 0.05) is 5.92 Å². The van der Waals surface area contributed by atoms with Gasteiger partial charge in [0.05, 0.1) is 0 Å². The van der Waals surface area contributed by atoms with E-state index in [9.17, 15) is 4.79 Å². The summed E-state index contributed by atoms with van der Waals surface area (Å²) in [5, 5.41) is 0. The highest BCUT2D eigenvalue weighted by Crippen LogP contribution is 2.22. The van der Waals surface area contributed by atoms with Crippen LogP contribution in [0.1, 0.15) is 32.3 Å². The maximum atomic E-state index is 11.1. The smallest absolute Gasteiger partial charge is 0.220 e. The molecule has 0 fully saturated rings. The summed E-state index contributed by atoms with van der Waals surface area (Å²) < 4.78 is 0. The molecule has 0 aromatic heterocycles. The molecule has 1 rings (SSSR count). The van der Waals surface area contributed by atoms with Gasteiger partial charge in [0.15, 0.2) is 0 Å². The first-order chi connectivity index (χ1) is 7.65. The van der Waals surface area contributed by atoms with Crippen LogP contribution in [0, 0.1) is 5.92 Å². The van der Waals surface area contributed by atoms with Crippen LogP contribution in [0.25, 0.3) is 5.57 Å². The molecular formula is C14H19NO.